The van der Waals surface area contributed by atoms with E-state index in [4.69, 9.17) is 9.64 Å². The Bertz CT molecular complexity index is 227. The van der Waals surface area contributed by atoms with Gasteiger partial charge in [0.25, 0.3) is 0 Å². The molecule has 7 heavy (non-hydrogen) atoms. The lowest BCUT2D eigenvalue weighted by Crippen LogP contribution is -2.24. The van der Waals surface area contributed by atoms with Crippen LogP contribution in [0.1, 0.15) is 21.9 Å². The molecule has 0 saturated carbocycles. The van der Waals surface area contributed by atoms with E-state index >= 15 is 0 Å². The van der Waals surface area contributed by atoms with Crippen molar-refractivity contribution in [1.82, 2.24) is 5.31 Å². The van der Waals surface area contributed by atoms with Gasteiger partial charge in [0, 0.05) is 21.9 Å². The average Bonchev–Trinajstić information content (AvgIpc) is 1.97. The molecule has 0 fully saturated rings. The highest BCUT2D eigenvalue weighted by Crippen LogP contribution is 1.58. The van der Waals surface area contributed by atoms with E-state index in [1.807, 2.05) is 0 Å². The van der Waals surface area contributed by atoms with Gasteiger partial charge < -0.3 is 0 Å². The molecule has 0 aliphatic carbocycles. The van der Waals surface area contributed by atoms with Crippen molar-refractivity contribution >= 4 is 11.8 Å². The lowest BCUT2D eigenvalue weighted by molar-refractivity contribution is -0.127. The number of rotatable bonds is 0. The van der Waals surface area contributed by atoms with Crippen molar-refractivity contribution in [2.45, 2.75) is 13.7 Å². The van der Waals surface area contributed by atoms with Gasteiger partial charge in [-0.15, -0.1) is 0 Å². The van der Waals surface area contributed by atoms with E-state index in [-0.39, 0.29) is 0 Å². The van der Waals surface area contributed by atoms with Gasteiger partial charge in [-0.2, -0.15) is 0 Å². The zero-order chi connectivity index (χ0) is 11.7. The zero-order valence-electron chi connectivity index (χ0n) is 10.3. The predicted molar refractivity (Wildman–Crippen MR) is 24.5 cm³/mol. The molecule has 1 N–H and O–H groups in total. The van der Waals surface area contributed by atoms with Crippen LogP contribution in [-0.2, 0) is 9.59 Å². The first kappa shape index (κ1) is 1.10. The maximum absolute atomic E-state index is 10.8. The Morgan fingerprint density at radius 2 is 2.00 bits per heavy atom. The number of carbonyl (C=O) groups is 2. The number of hydrogen-bond acceptors (Lipinski definition) is 2. The van der Waals surface area contributed by atoms with Gasteiger partial charge in [0.2, 0.25) is 11.8 Å². The molecule has 0 atom stereocenters. The second-order valence-electron chi connectivity index (χ2n) is 0.722. The minimum Gasteiger partial charge on any atom is -0.297 e. The number of hydrogen-bond donors (Lipinski definition) is 1. The van der Waals surface area contributed by atoms with Gasteiger partial charge in [-0.3, -0.25) is 14.9 Å². The van der Waals surface area contributed by atoms with E-state index in [0.29, 0.717) is 0 Å². The standard InChI is InChI=1S/C4H7NO2/c1-3(6)5-4(2)7/h1-2H3,(H,5,6,7)/i1D3,2D3/hD. The molecule has 0 rings (SSSR count). The molecule has 0 unspecified atom stereocenters. The Balaban J connectivity index is 4.74. The van der Waals surface area contributed by atoms with Crippen molar-refractivity contribution in [2.24, 2.45) is 0 Å². The summed E-state index contributed by atoms with van der Waals surface area (Å²) in [5.41, 5.74) is 0. The molecule has 0 aromatic carbocycles. The van der Waals surface area contributed by atoms with Crippen molar-refractivity contribution in [2.75, 3.05) is 0 Å². The fourth-order valence-electron chi connectivity index (χ4n) is 0.0922. The number of imide groups is 1. The Morgan fingerprint density at radius 1 is 1.57 bits per heavy atom. The van der Waals surface area contributed by atoms with Gasteiger partial charge in [0.15, 0.2) is 1.41 Å². The summed E-state index contributed by atoms with van der Waals surface area (Å²) in [6.45, 7) is -6.38. The third-order valence-electron chi connectivity index (χ3n) is 0.203. The topological polar surface area (TPSA) is 46.2 Å². The van der Waals surface area contributed by atoms with Crippen LogP contribution in [0.5, 0.6) is 0 Å². The van der Waals surface area contributed by atoms with Crippen LogP contribution in [-0.4, -0.2) is 11.8 Å². The van der Waals surface area contributed by atoms with Crippen LogP contribution < -0.4 is 5.31 Å². The van der Waals surface area contributed by atoms with Gasteiger partial charge in [-0.05, 0) is 0 Å². The Kier molecular flexibility index (Phi) is 0.367. The first-order valence-electron chi connectivity index (χ1n) is 4.80. The summed E-state index contributed by atoms with van der Waals surface area (Å²) < 4.78 is 46.0. The summed E-state index contributed by atoms with van der Waals surface area (Å²) in [6, 6.07) is 0. The maximum Gasteiger partial charge on any atom is 0.223 e. The predicted octanol–water partition coefficient (Wildman–Crippen LogP) is -0.331. The van der Waals surface area contributed by atoms with E-state index in [2.05, 4.69) is 0 Å². The molecule has 0 radical (unpaired) electrons. The summed E-state index contributed by atoms with van der Waals surface area (Å²) >= 11 is 0. The van der Waals surface area contributed by atoms with Crippen LogP contribution in [0.25, 0.3) is 0 Å². The summed E-state index contributed by atoms with van der Waals surface area (Å²) in [5.74, 6) is -3.67. The Labute approximate surface area is 51.6 Å². The van der Waals surface area contributed by atoms with Crippen molar-refractivity contribution in [3.63, 3.8) is 0 Å². The van der Waals surface area contributed by atoms with Crippen molar-refractivity contribution < 1.29 is 19.2 Å². The van der Waals surface area contributed by atoms with Gasteiger partial charge >= 0.3 is 0 Å². The first-order chi connectivity index (χ1) is 5.98. The van der Waals surface area contributed by atoms with Crippen LogP contribution in [0.3, 0.4) is 0 Å². The molecule has 3 nitrogen and oxygen atoms in total. The molecular formula is C4H7NO2. The van der Waals surface area contributed by atoms with E-state index in [1.54, 1.807) is 0 Å². The van der Waals surface area contributed by atoms with E-state index < -0.39 is 30.8 Å². The summed E-state index contributed by atoms with van der Waals surface area (Å²) in [4.78, 5) is 21.5. The third kappa shape index (κ3) is 5.14. The van der Waals surface area contributed by atoms with E-state index in [9.17, 15) is 9.59 Å². The van der Waals surface area contributed by atoms with Gasteiger partial charge in [0.05, 0.1) is 0 Å². The van der Waals surface area contributed by atoms with Gasteiger partial charge in [0.1, 0.15) is 0 Å². The third-order valence-corrected chi connectivity index (χ3v) is 0.203. The highest BCUT2D eigenvalue weighted by molar-refractivity contribution is 5.92. The number of amides is 2. The van der Waals surface area contributed by atoms with Crippen molar-refractivity contribution in [1.29, 1.82) is 0 Å². The highest BCUT2D eigenvalue weighted by Gasteiger charge is 1.90. The van der Waals surface area contributed by atoms with Crippen LogP contribution in [0, 0.1) is 0 Å². The van der Waals surface area contributed by atoms with Crippen LogP contribution in [0.2, 0.25) is 1.41 Å². The highest BCUT2D eigenvalue weighted by atomic mass is 16.2. The normalized spacial score (nSPS) is 26.0. The molecule has 40 valence electrons. The quantitative estimate of drug-likeness (QED) is 0.462. The summed E-state index contributed by atoms with van der Waals surface area (Å²) in [6.07, 6.45) is 0. The van der Waals surface area contributed by atoms with E-state index in [0.717, 1.165) is 0 Å². The monoisotopic (exact) mass is 108 g/mol. The summed E-state index contributed by atoms with van der Waals surface area (Å²) in [7, 11) is 0. The lowest BCUT2D eigenvalue weighted by atomic mass is 10.6. The second-order valence-corrected chi connectivity index (χ2v) is 0.722. The molecule has 0 heterocycles. The fraction of sp³-hybridized carbons (Fsp3) is 0.500. The lowest BCUT2D eigenvalue weighted by Gasteiger charge is -1.88. The average molecular weight is 108 g/mol. The molecular weight excluding hydrogens is 94.0 g/mol. The first-order valence-corrected chi connectivity index (χ1v) is 1.36. The molecule has 2 amide bonds. The SMILES string of the molecule is [2H]N(C(=O)C([2H])([2H])[2H])C(=O)C([2H])([2H])[2H]. The van der Waals surface area contributed by atoms with Crippen LogP contribution >= 0.6 is 0 Å². The molecule has 0 saturated heterocycles. The molecule has 0 bridgehead atoms. The van der Waals surface area contributed by atoms with Crippen molar-refractivity contribution in [3.8, 4) is 0 Å². The Hall–Kier alpha value is -0.860. The minimum atomic E-state index is -3.19. The maximum atomic E-state index is 10.8. The zero-order valence-corrected chi connectivity index (χ0v) is 3.26. The second kappa shape index (κ2) is 2.34. The molecule has 0 aliphatic heterocycles. The number of carbonyl (C=O) groups excluding carboxylic acids is 2. The minimum absolute atomic E-state index is 0.653. The Morgan fingerprint density at radius 3 is 2.29 bits per heavy atom. The smallest absolute Gasteiger partial charge is 0.223 e. The van der Waals surface area contributed by atoms with E-state index in [1.165, 1.54) is 0 Å². The molecule has 0 aromatic heterocycles. The molecule has 0 aliphatic rings. The molecule has 3 heteroatoms. The largest absolute Gasteiger partial charge is 0.297 e. The van der Waals surface area contributed by atoms with Crippen LogP contribution in [0.15, 0.2) is 0 Å². The summed E-state index contributed by atoms with van der Waals surface area (Å²) in [5, 5.41) is -0.653. The van der Waals surface area contributed by atoms with Gasteiger partial charge in [-0.25, -0.2) is 0 Å². The fourth-order valence-corrected chi connectivity index (χ4v) is 0.0922. The molecule has 0 spiro atoms. The van der Waals surface area contributed by atoms with Crippen LogP contribution in [0.4, 0.5) is 0 Å². The molecule has 0 aromatic rings. The number of nitrogens with one attached hydrogen (secondary N) is 1. The van der Waals surface area contributed by atoms with Gasteiger partial charge in [-0.1, -0.05) is 0 Å². The van der Waals surface area contributed by atoms with Crippen molar-refractivity contribution in [3.05, 3.63) is 0 Å².